The van der Waals surface area contributed by atoms with Gasteiger partial charge in [-0.25, -0.2) is 0 Å². The van der Waals surface area contributed by atoms with E-state index in [1.165, 1.54) is 6.26 Å². The Morgan fingerprint density at radius 3 is 2.48 bits per heavy atom. The van der Waals surface area contributed by atoms with E-state index in [4.69, 9.17) is 10.2 Å². The smallest absolute Gasteiger partial charge is 0.287 e. The van der Waals surface area contributed by atoms with Crippen LogP contribution in [-0.2, 0) is 11.2 Å². The van der Waals surface area contributed by atoms with Crippen molar-refractivity contribution >= 4 is 24.2 Å². The zero-order valence-corrected chi connectivity index (χ0v) is 14.9. The summed E-state index contributed by atoms with van der Waals surface area (Å²) in [7, 11) is 0. The minimum Gasteiger partial charge on any atom is -0.459 e. The molecule has 1 aromatic heterocycles. The molecule has 6 nitrogen and oxygen atoms in total. The van der Waals surface area contributed by atoms with Crippen LogP contribution in [0.2, 0.25) is 0 Å². The summed E-state index contributed by atoms with van der Waals surface area (Å²) in [4.78, 5) is 24.6. The summed E-state index contributed by atoms with van der Waals surface area (Å²) < 4.78 is 5.08. The van der Waals surface area contributed by atoms with E-state index in [2.05, 4.69) is 10.6 Å². The average molecular weight is 366 g/mol. The second-order valence-electron chi connectivity index (χ2n) is 5.75. The van der Waals surface area contributed by atoms with Gasteiger partial charge in [0.2, 0.25) is 5.91 Å². The molecule has 2 rings (SSSR count). The monoisotopic (exact) mass is 365 g/mol. The molecule has 0 aliphatic rings. The fourth-order valence-corrected chi connectivity index (χ4v) is 2.24. The lowest BCUT2D eigenvalue weighted by molar-refractivity contribution is -0.122. The highest BCUT2D eigenvalue weighted by molar-refractivity contribution is 5.95. The molecule has 2 aromatic rings. The van der Waals surface area contributed by atoms with E-state index < -0.39 is 11.9 Å². The van der Waals surface area contributed by atoms with Crippen LogP contribution in [0.25, 0.3) is 0 Å². The normalized spacial score (nSPS) is 12.6. The summed E-state index contributed by atoms with van der Waals surface area (Å²) in [5.74, 6) is -0.473. The van der Waals surface area contributed by atoms with Crippen molar-refractivity contribution in [2.75, 3.05) is 6.54 Å². The van der Waals surface area contributed by atoms with Gasteiger partial charge in [0.25, 0.3) is 5.91 Å². The Labute approximate surface area is 153 Å². The molecule has 2 unspecified atom stereocenters. The van der Waals surface area contributed by atoms with Gasteiger partial charge < -0.3 is 20.8 Å². The van der Waals surface area contributed by atoms with Crippen LogP contribution in [-0.4, -0.2) is 30.4 Å². The molecule has 0 aliphatic heterocycles. The fraction of sp³-hybridized carbons (Fsp3) is 0.333. The zero-order chi connectivity index (χ0) is 17.4. The van der Waals surface area contributed by atoms with Gasteiger partial charge in [-0.3, -0.25) is 9.59 Å². The van der Waals surface area contributed by atoms with Crippen molar-refractivity contribution in [2.24, 2.45) is 5.73 Å². The number of carbonyl (C=O) groups is 2. The SMILES string of the molecule is CC(N)CCNC(=O)C(Cc1ccccc1)NC(=O)c1ccco1.Cl. The molecule has 0 spiro atoms. The quantitative estimate of drug-likeness (QED) is 0.665. The lowest BCUT2D eigenvalue weighted by Crippen LogP contribution is -2.48. The van der Waals surface area contributed by atoms with Gasteiger partial charge in [-0.15, -0.1) is 12.4 Å². The van der Waals surface area contributed by atoms with Gasteiger partial charge in [0, 0.05) is 19.0 Å². The van der Waals surface area contributed by atoms with Crippen LogP contribution in [0.3, 0.4) is 0 Å². The maximum Gasteiger partial charge on any atom is 0.287 e. The molecule has 7 heteroatoms. The number of carbonyl (C=O) groups excluding carboxylic acids is 2. The lowest BCUT2D eigenvalue weighted by atomic mass is 10.0. The third-order valence-corrected chi connectivity index (χ3v) is 3.55. The van der Waals surface area contributed by atoms with Crippen molar-refractivity contribution < 1.29 is 14.0 Å². The molecular weight excluding hydrogens is 342 g/mol. The molecule has 2 atom stereocenters. The van der Waals surface area contributed by atoms with Crippen LogP contribution >= 0.6 is 12.4 Å². The molecule has 0 saturated carbocycles. The molecule has 136 valence electrons. The van der Waals surface area contributed by atoms with Gasteiger partial charge in [0.1, 0.15) is 6.04 Å². The molecular formula is C18H24ClN3O3. The maximum atomic E-state index is 12.4. The van der Waals surface area contributed by atoms with Crippen molar-refractivity contribution in [3.8, 4) is 0 Å². The van der Waals surface area contributed by atoms with Crippen LogP contribution in [0.15, 0.2) is 53.1 Å². The fourth-order valence-electron chi connectivity index (χ4n) is 2.24. The van der Waals surface area contributed by atoms with Gasteiger partial charge in [0.05, 0.1) is 6.26 Å². The Morgan fingerprint density at radius 1 is 1.16 bits per heavy atom. The number of hydrogen-bond donors (Lipinski definition) is 3. The Kier molecular flexibility index (Phi) is 8.74. The van der Waals surface area contributed by atoms with Gasteiger partial charge >= 0.3 is 0 Å². The Balaban J connectivity index is 0.00000312. The Morgan fingerprint density at radius 2 is 1.88 bits per heavy atom. The van der Waals surface area contributed by atoms with Crippen molar-refractivity contribution in [2.45, 2.75) is 31.8 Å². The van der Waals surface area contributed by atoms with Crippen LogP contribution in [0.4, 0.5) is 0 Å². The molecule has 0 bridgehead atoms. The molecule has 0 fully saturated rings. The van der Waals surface area contributed by atoms with E-state index in [-0.39, 0.29) is 30.1 Å². The highest BCUT2D eigenvalue weighted by Crippen LogP contribution is 2.06. The van der Waals surface area contributed by atoms with Gasteiger partial charge in [-0.2, -0.15) is 0 Å². The third kappa shape index (κ3) is 6.99. The van der Waals surface area contributed by atoms with E-state index >= 15 is 0 Å². The first-order chi connectivity index (χ1) is 11.6. The van der Waals surface area contributed by atoms with Crippen molar-refractivity contribution in [3.05, 3.63) is 60.1 Å². The molecule has 1 aromatic carbocycles. The number of nitrogens with one attached hydrogen (secondary N) is 2. The third-order valence-electron chi connectivity index (χ3n) is 3.55. The minimum atomic E-state index is -0.682. The topological polar surface area (TPSA) is 97.4 Å². The number of halogens is 1. The predicted molar refractivity (Wildman–Crippen MR) is 98.6 cm³/mol. The maximum absolute atomic E-state index is 12.4. The van der Waals surface area contributed by atoms with E-state index in [0.29, 0.717) is 19.4 Å². The summed E-state index contributed by atoms with van der Waals surface area (Å²) >= 11 is 0. The van der Waals surface area contributed by atoms with E-state index in [1.807, 2.05) is 37.3 Å². The second kappa shape index (κ2) is 10.5. The largest absolute Gasteiger partial charge is 0.459 e. The molecule has 2 amide bonds. The average Bonchev–Trinajstić information content (AvgIpc) is 3.09. The molecule has 25 heavy (non-hydrogen) atoms. The van der Waals surface area contributed by atoms with Gasteiger partial charge in [-0.05, 0) is 31.0 Å². The van der Waals surface area contributed by atoms with Crippen LogP contribution in [0.5, 0.6) is 0 Å². The lowest BCUT2D eigenvalue weighted by Gasteiger charge is -2.18. The van der Waals surface area contributed by atoms with E-state index in [0.717, 1.165) is 5.56 Å². The van der Waals surface area contributed by atoms with Crippen LogP contribution in [0, 0.1) is 0 Å². The van der Waals surface area contributed by atoms with Crippen molar-refractivity contribution in [3.63, 3.8) is 0 Å². The highest BCUT2D eigenvalue weighted by atomic mass is 35.5. The minimum absolute atomic E-state index is 0. The standard InChI is InChI=1S/C18H23N3O3.ClH/c1-13(19)9-10-20-17(22)15(12-14-6-3-2-4-7-14)21-18(23)16-8-5-11-24-16;/h2-8,11,13,15H,9-10,12,19H2,1H3,(H,20,22)(H,21,23);1H. The molecule has 0 aliphatic carbocycles. The summed E-state index contributed by atoms with van der Waals surface area (Å²) in [6, 6.07) is 12.1. The molecule has 1 heterocycles. The molecule has 0 radical (unpaired) electrons. The van der Waals surface area contributed by atoms with Crippen molar-refractivity contribution in [1.82, 2.24) is 10.6 Å². The summed E-state index contributed by atoms with van der Waals surface area (Å²) in [6.07, 6.45) is 2.50. The highest BCUT2D eigenvalue weighted by Gasteiger charge is 2.22. The summed E-state index contributed by atoms with van der Waals surface area (Å²) in [5.41, 5.74) is 6.65. The number of hydrogen-bond acceptors (Lipinski definition) is 4. The second-order valence-corrected chi connectivity index (χ2v) is 5.75. The Bertz CT molecular complexity index is 645. The van der Waals surface area contributed by atoms with Crippen LogP contribution < -0.4 is 16.4 Å². The number of amides is 2. The number of furan rings is 1. The Hall–Kier alpha value is -2.31. The predicted octanol–water partition coefficient (Wildman–Crippen LogP) is 1.90. The van der Waals surface area contributed by atoms with Crippen molar-refractivity contribution in [1.29, 1.82) is 0 Å². The van der Waals surface area contributed by atoms with E-state index in [1.54, 1.807) is 12.1 Å². The first-order valence-electron chi connectivity index (χ1n) is 7.98. The summed E-state index contributed by atoms with van der Waals surface area (Å²) in [5, 5.41) is 5.55. The molecule has 0 saturated heterocycles. The van der Waals surface area contributed by atoms with Gasteiger partial charge in [-0.1, -0.05) is 30.3 Å². The van der Waals surface area contributed by atoms with E-state index in [9.17, 15) is 9.59 Å². The summed E-state index contributed by atoms with van der Waals surface area (Å²) in [6.45, 7) is 2.35. The van der Waals surface area contributed by atoms with Crippen LogP contribution in [0.1, 0.15) is 29.5 Å². The molecule has 4 N–H and O–H groups in total. The first kappa shape index (κ1) is 20.7. The number of benzene rings is 1. The van der Waals surface area contributed by atoms with Gasteiger partial charge in [0.15, 0.2) is 5.76 Å². The number of rotatable bonds is 8. The zero-order valence-electron chi connectivity index (χ0n) is 14.1. The number of nitrogens with two attached hydrogens (primary N) is 1. The first-order valence-corrected chi connectivity index (χ1v) is 7.98.